The van der Waals surface area contributed by atoms with Gasteiger partial charge in [-0.1, -0.05) is 29.8 Å². The normalized spacial score (nSPS) is 16.7. The minimum atomic E-state index is -4.12. The van der Waals surface area contributed by atoms with Crippen molar-refractivity contribution in [3.8, 4) is 0 Å². The van der Waals surface area contributed by atoms with Crippen LogP contribution in [0.25, 0.3) is 0 Å². The highest BCUT2D eigenvalue weighted by Crippen LogP contribution is 2.26. The number of carbonyl (C=O) groups is 1. The van der Waals surface area contributed by atoms with Gasteiger partial charge in [-0.05, 0) is 44.0 Å². The summed E-state index contributed by atoms with van der Waals surface area (Å²) in [5.41, 5.74) is 0.723. The molecule has 1 atom stereocenters. The molecule has 0 bridgehead atoms. The van der Waals surface area contributed by atoms with Gasteiger partial charge in [-0.25, -0.2) is 12.8 Å². The van der Waals surface area contributed by atoms with Crippen molar-refractivity contribution >= 4 is 21.6 Å². The van der Waals surface area contributed by atoms with Crippen LogP contribution in [-0.4, -0.2) is 40.1 Å². The SMILES string of the molecule is Cc1ccc(S(=O)(=O)N(CC(=O)NCC2CCCO2)c2ccccc2F)cc1. The van der Waals surface area contributed by atoms with Crippen LogP contribution in [0.15, 0.2) is 53.4 Å². The molecule has 1 heterocycles. The highest BCUT2D eigenvalue weighted by molar-refractivity contribution is 7.92. The molecule has 0 spiro atoms. The zero-order chi connectivity index (χ0) is 20.1. The third-order valence-corrected chi connectivity index (χ3v) is 6.34. The van der Waals surface area contributed by atoms with Gasteiger partial charge in [-0.3, -0.25) is 9.10 Å². The summed E-state index contributed by atoms with van der Waals surface area (Å²) in [7, 11) is -4.12. The van der Waals surface area contributed by atoms with E-state index < -0.39 is 28.3 Å². The molecule has 2 aromatic carbocycles. The number of amides is 1. The minimum Gasteiger partial charge on any atom is -0.376 e. The van der Waals surface area contributed by atoms with Crippen molar-refractivity contribution in [3.63, 3.8) is 0 Å². The van der Waals surface area contributed by atoms with Crippen LogP contribution in [0.4, 0.5) is 10.1 Å². The lowest BCUT2D eigenvalue weighted by Crippen LogP contribution is -2.43. The molecule has 8 heteroatoms. The summed E-state index contributed by atoms with van der Waals surface area (Å²) in [4.78, 5) is 12.4. The van der Waals surface area contributed by atoms with Crippen molar-refractivity contribution in [2.24, 2.45) is 0 Å². The number of para-hydroxylation sites is 1. The lowest BCUT2D eigenvalue weighted by atomic mass is 10.2. The van der Waals surface area contributed by atoms with E-state index in [0.717, 1.165) is 28.8 Å². The Morgan fingerprint density at radius 2 is 1.93 bits per heavy atom. The molecule has 1 amide bonds. The van der Waals surface area contributed by atoms with Gasteiger partial charge in [0, 0.05) is 13.2 Å². The van der Waals surface area contributed by atoms with E-state index >= 15 is 0 Å². The Hall–Kier alpha value is -2.45. The zero-order valence-electron chi connectivity index (χ0n) is 15.6. The van der Waals surface area contributed by atoms with E-state index in [4.69, 9.17) is 4.74 Å². The average Bonchev–Trinajstić information content (AvgIpc) is 3.19. The van der Waals surface area contributed by atoms with Gasteiger partial charge >= 0.3 is 0 Å². The Bertz CT molecular complexity index is 925. The van der Waals surface area contributed by atoms with Crippen LogP contribution in [0.5, 0.6) is 0 Å². The van der Waals surface area contributed by atoms with Crippen molar-refractivity contribution < 1.29 is 22.3 Å². The molecule has 1 saturated heterocycles. The van der Waals surface area contributed by atoms with Gasteiger partial charge in [-0.15, -0.1) is 0 Å². The van der Waals surface area contributed by atoms with E-state index in [9.17, 15) is 17.6 Å². The summed E-state index contributed by atoms with van der Waals surface area (Å²) in [6, 6.07) is 11.7. The van der Waals surface area contributed by atoms with Gasteiger partial charge < -0.3 is 10.1 Å². The molecule has 3 rings (SSSR count). The molecule has 1 unspecified atom stereocenters. The van der Waals surface area contributed by atoms with Gasteiger partial charge in [0.15, 0.2) is 0 Å². The smallest absolute Gasteiger partial charge is 0.264 e. The van der Waals surface area contributed by atoms with Crippen molar-refractivity contribution in [2.45, 2.75) is 30.8 Å². The quantitative estimate of drug-likeness (QED) is 0.767. The van der Waals surface area contributed by atoms with E-state index in [0.29, 0.717) is 13.2 Å². The van der Waals surface area contributed by atoms with Crippen LogP contribution in [-0.2, 0) is 19.6 Å². The first-order valence-electron chi connectivity index (χ1n) is 9.10. The molecule has 28 heavy (non-hydrogen) atoms. The van der Waals surface area contributed by atoms with Crippen molar-refractivity contribution in [1.82, 2.24) is 5.32 Å². The summed E-state index contributed by atoms with van der Waals surface area (Å²) in [6.45, 7) is 2.27. The largest absolute Gasteiger partial charge is 0.376 e. The molecule has 2 aromatic rings. The Kier molecular flexibility index (Phi) is 6.31. The van der Waals surface area contributed by atoms with Crippen LogP contribution in [0.1, 0.15) is 18.4 Å². The number of ether oxygens (including phenoxy) is 1. The summed E-state index contributed by atoms with van der Waals surface area (Å²) in [5, 5.41) is 2.68. The Morgan fingerprint density at radius 1 is 1.21 bits per heavy atom. The molecular weight excluding hydrogens is 383 g/mol. The number of hydrogen-bond acceptors (Lipinski definition) is 4. The average molecular weight is 406 g/mol. The molecule has 1 N–H and O–H groups in total. The molecular formula is C20H23FN2O4S. The third-order valence-electron chi connectivity index (χ3n) is 4.57. The second-order valence-electron chi connectivity index (χ2n) is 6.72. The van der Waals surface area contributed by atoms with Crippen LogP contribution in [0, 0.1) is 12.7 Å². The maximum atomic E-state index is 14.4. The van der Waals surface area contributed by atoms with E-state index in [-0.39, 0.29) is 16.7 Å². The maximum absolute atomic E-state index is 14.4. The Labute approximate surface area is 164 Å². The number of rotatable bonds is 7. The number of benzene rings is 2. The maximum Gasteiger partial charge on any atom is 0.264 e. The molecule has 150 valence electrons. The molecule has 0 aliphatic carbocycles. The van der Waals surface area contributed by atoms with Gasteiger partial charge in [0.1, 0.15) is 12.4 Å². The number of hydrogen-bond donors (Lipinski definition) is 1. The molecule has 0 aromatic heterocycles. The zero-order valence-corrected chi connectivity index (χ0v) is 16.4. The van der Waals surface area contributed by atoms with Gasteiger partial charge in [0.25, 0.3) is 10.0 Å². The second-order valence-corrected chi connectivity index (χ2v) is 8.58. The van der Waals surface area contributed by atoms with Crippen molar-refractivity contribution in [3.05, 3.63) is 59.9 Å². The predicted molar refractivity (Wildman–Crippen MR) is 104 cm³/mol. The van der Waals surface area contributed by atoms with Crippen LogP contribution in [0.3, 0.4) is 0 Å². The van der Waals surface area contributed by atoms with Crippen LogP contribution < -0.4 is 9.62 Å². The van der Waals surface area contributed by atoms with Gasteiger partial charge in [-0.2, -0.15) is 0 Å². The number of halogens is 1. The monoisotopic (exact) mass is 406 g/mol. The molecule has 1 fully saturated rings. The number of aryl methyl sites for hydroxylation is 1. The van der Waals surface area contributed by atoms with Crippen LogP contribution in [0.2, 0.25) is 0 Å². The predicted octanol–water partition coefficient (Wildman–Crippen LogP) is 2.62. The van der Waals surface area contributed by atoms with E-state index in [1.807, 2.05) is 6.92 Å². The first-order valence-corrected chi connectivity index (χ1v) is 10.5. The van der Waals surface area contributed by atoms with Crippen molar-refractivity contribution in [2.75, 3.05) is 24.0 Å². The number of anilines is 1. The third kappa shape index (κ3) is 4.69. The Morgan fingerprint density at radius 3 is 2.57 bits per heavy atom. The minimum absolute atomic E-state index is 0.00622. The van der Waals surface area contributed by atoms with Gasteiger partial charge in [0.2, 0.25) is 5.91 Å². The summed E-state index contributed by atoms with van der Waals surface area (Å²) < 4.78 is 46.9. The number of nitrogens with zero attached hydrogens (tertiary/aromatic N) is 1. The summed E-state index contributed by atoms with van der Waals surface area (Å²) in [6.07, 6.45) is 1.71. The first kappa shape index (κ1) is 20.3. The summed E-state index contributed by atoms with van der Waals surface area (Å²) >= 11 is 0. The fourth-order valence-corrected chi connectivity index (χ4v) is 4.44. The lowest BCUT2D eigenvalue weighted by molar-refractivity contribution is -0.120. The molecule has 0 saturated carbocycles. The molecule has 1 aliphatic rings. The molecule has 1 aliphatic heterocycles. The highest BCUT2D eigenvalue weighted by atomic mass is 32.2. The fourth-order valence-electron chi connectivity index (χ4n) is 3.01. The topological polar surface area (TPSA) is 75.7 Å². The van der Waals surface area contributed by atoms with E-state index in [1.165, 1.54) is 30.3 Å². The molecule has 6 nitrogen and oxygen atoms in total. The number of nitrogens with one attached hydrogen (secondary N) is 1. The molecule has 0 radical (unpaired) electrons. The number of carbonyl (C=O) groups excluding carboxylic acids is 1. The van der Waals surface area contributed by atoms with Crippen molar-refractivity contribution in [1.29, 1.82) is 0 Å². The number of sulfonamides is 1. The Balaban J connectivity index is 1.86. The first-order chi connectivity index (χ1) is 13.4. The van der Waals surface area contributed by atoms with E-state index in [2.05, 4.69) is 5.32 Å². The van der Waals surface area contributed by atoms with E-state index in [1.54, 1.807) is 12.1 Å². The standard InChI is InChI=1S/C20H23FN2O4S/c1-15-8-10-17(11-9-15)28(25,26)23(19-7-3-2-6-18(19)21)14-20(24)22-13-16-5-4-12-27-16/h2-3,6-11,16H,4-5,12-14H2,1H3,(H,22,24). The lowest BCUT2D eigenvalue weighted by Gasteiger charge is -2.24. The fraction of sp³-hybridized carbons (Fsp3) is 0.350. The second kappa shape index (κ2) is 8.70. The van der Waals surface area contributed by atoms with Crippen LogP contribution >= 0.6 is 0 Å². The summed E-state index contributed by atoms with van der Waals surface area (Å²) in [5.74, 6) is -1.24. The highest BCUT2D eigenvalue weighted by Gasteiger charge is 2.29. The van der Waals surface area contributed by atoms with Gasteiger partial charge in [0.05, 0.1) is 16.7 Å².